The van der Waals surface area contributed by atoms with Gasteiger partial charge in [0.1, 0.15) is 18.0 Å². The summed E-state index contributed by atoms with van der Waals surface area (Å²) in [7, 11) is 3.65. The molecular weight excluding hydrogens is 519 g/mol. The Hall–Kier alpha value is -2.96. The Balaban J connectivity index is 0.00000289. The van der Waals surface area contributed by atoms with Crippen LogP contribution in [0.25, 0.3) is 22.1 Å². The maximum Gasteiger partial charge on any atom is 0.191 e. The van der Waals surface area contributed by atoms with Crippen molar-refractivity contribution in [3.8, 4) is 0 Å². The van der Waals surface area contributed by atoms with Crippen molar-refractivity contribution in [3.05, 3.63) is 42.6 Å². The van der Waals surface area contributed by atoms with E-state index in [4.69, 9.17) is 0 Å². The molecule has 3 heterocycles. The smallest absolute Gasteiger partial charge is 0.191 e. The van der Waals surface area contributed by atoms with Gasteiger partial charge in [0.15, 0.2) is 11.6 Å². The summed E-state index contributed by atoms with van der Waals surface area (Å²) >= 11 is 0. The highest BCUT2D eigenvalue weighted by Crippen LogP contribution is 2.17. The molecule has 32 heavy (non-hydrogen) atoms. The number of aliphatic imine (C=N–C) groups is 1. The number of benzene rings is 1. The van der Waals surface area contributed by atoms with Gasteiger partial charge in [-0.3, -0.25) is 9.67 Å². The Kier molecular flexibility index (Phi) is 8.20. The molecule has 11 heteroatoms. The number of imidazole rings is 1. The molecule has 3 N–H and O–H groups in total. The van der Waals surface area contributed by atoms with Crippen molar-refractivity contribution in [2.45, 2.75) is 19.9 Å². The lowest BCUT2D eigenvalue weighted by Gasteiger charge is -2.13. The van der Waals surface area contributed by atoms with Crippen molar-refractivity contribution < 1.29 is 0 Å². The van der Waals surface area contributed by atoms with E-state index in [0.29, 0.717) is 13.1 Å². The zero-order valence-corrected chi connectivity index (χ0v) is 20.9. The third-order valence-corrected chi connectivity index (χ3v) is 5.16. The summed E-state index contributed by atoms with van der Waals surface area (Å²) in [6.07, 6.45) is 4.29. The van der Waals surface area contributed by atoms with Crippen molar-refractivity contribution >= 4 is 57.8 Å². The van der Waals surface area contributed by atoms with Gasteiger partial charge in [-0.15, -0.1) is 24.0 Å². The molecule has 0 aliphatic carbocycles. The van der Waals surface area contributed by atoms with Crippen LogP contribution in [0, 0.1) is 6.92 Å². The molecule has 10 nitrogen and oxygen atoms in total. The summed E-state index contributed by atoms with van der Waals surface area (Å²) in [5.74, 6) is 2.61. The summed E-state index contributed by atoms with van der Waals surface area (Å²) in [6, 6.07) is 8.25. The first kappa shape index (κ1) is 23.7. The van der Waals surface area contributed by atoms with Gasteiger partial charge in [0, 0.05) is 40.3 Å². The Morgan fingerprint density at radius 3 is 2.75 bits per heavy atom. The Bertz CT molecular complexity index is 1200. The summed E-state index contributed by atoms with van der Waals surface area (Å²) in [5.41, 5.74) is 3.04. The van der Waals surface area contributed by atoms with E-state index >= 15 is 0 Å². The summed E-state index contributed by atoms with van der Waals surface area (Å²) in [5, 5.41) is 15.2. The summed E-state index contributed by atoms with van der Waals surface area (Å²) < 4.78 is 4.00. The van der Waals surface area contributed by atoms with Gasteiger partial charge in [0.05, 0.1) is 22.6 Å². The first-order valence-electron chi connectivity index (χ1n) is 10.4. The second-order valence-electron chi connectivity index (χ2n) is 7.23. The van der Waals surface area contributed by atoms with Gasteiger partial charge in [-0.25, -0.2) is 15.0 Å². The molecule has 0 amide bonds. The molecule has 0 saturated carbocycles. The predicted molar refractivity (Wildman–Crippen MR) is 139 cm³/mol. The van der Waals surface area contributed by atoms with Gasteiger partial charge in [-0.05, 0) is 25.5 Å². The van der Waals surface area contributed by atoms with Gasteiger partial charge >= 0.3 is 0 Å². The fraction of sp³-hybridized carbons (Fsp3) is 0.381. The number of rotatable bonds is 8. The number of nitrogens with zero attached hydrogens (tertiary/aromatic N) is 7. The number of guanidine groups is 1. The minimum Gasteiger partial charge on any atom is -0.368 e. The van der Waals surface area contributed by atoms with E-state index < -0.39 is 0 Å². The lowest BCUT2D eigenvalue weighted by atomic mass is 10.3. The molecule has 170 valence electrons. The molecule has 0 spiro atoms. The molecule has 4 rings (SSSR count). The topological polar surface area (TPSA) is 110 Å². The molecular formula is C21H29IN10. The first-order chi connectivity index (χ1) is 15.2. The lowest BCUT2D eigenvalue weighted by Crippen LogP contribution is -2.40. The summed E-state index contributed by atoms with van der Waals surface area (Å²) in [6.45, 7) is 5.18. The largest absolute Gasteiger partial charge is 0.368 e. The van der Waals surface area contributed by atoms with Gasteiger partial charge in [-0.1, -0.05) is 12.1 Å². The molecule has 1 aromatic carbocycles. The number of para-hydroxylation sites is 2. The SMILES string of the molecule is CN=C(NCCCn1c(C)nc2ccccc21)NCCNc1ncnc2c1cnn2C.I. The van der Waals surface area contributed by atoms with Gasteiger partial charge < -0.3 is 20.5 Å². The third kappa shape index (κ3) is 5.26. The second-order valence-corrected chi connectivity index (χ2v) is 7.23. The van der Waals surface area contributed by atoms with E-state index in [9.17, 15) is 0 Å². The molecule has 0 saturated heterocycles. The van der Waals surface area contributed by atoms with E-state index in [-0.39, 0.29) is 24.0 Å². The van der Waals surface area contributed by atoms with Crippen LogP contribution >= 0.6 is 24.0 Å². The van der Waals surface area contributed by atoms with Crippen molar-refractivity contribution in [2.24, 2.45) is 12.0 Å². The number of hydrogen-bond acceptors (Lipinski definition) is 6. The van der Waals surface area contributed by atoms with Crippen LogP contribution in [0.4, 0.5) is 5.82 Å². The van der Waals surface area contributed by atoms with E-state index in [1.54, 1.807) is 24.3 Å². The number of nitrogens with one attached hydrogen (secondary N) is 3. The second kappa shape index (κ2) is 11.1. The van der Waals surface area contributed by atoms with Crippen LogP contribution in [0.1, 0.15) is 12.2 Å². The number of fused-ring (bicyclic) bond motifs is 2. The molecule has 0 aliphatic heterocycles. The zero-order chi connectivity index (χ0) is 21.6. The Labute approximate surface area is 204 Å². The minimum absolute atomic E-state index is 0. The fourth-order valence-electron chi connectivity index (χ4n) is 3.61. The maximum absolute atomic E-state index is 4.62. The highest BCUT2D eigenvalue weighted by molar-refractivity contribution is 14.0. The molecule has 0 atom stereocenters. The Morgan fingerprint density at radius 1 is 1.09 bits per heavy atom. The van der Waals surface area contributed by atoms with E-state index in [1.807, 2.05) is 13.1 Å². The Morgan fingerprint density at radius 2 is 1.91 bits per heavy atom. The van der Waals surface area contributed by atoms with Crippen LogP contribution in [0.3, 0.4) is 0 Å². The highest BCUT2D eigenvalue weighted by Gasteiger charge is 2.08. The van der Waals surface area contributed by atoms with Crippen LogP contribution in [-0.2, 0) is 13.6 Å². The molecule has 0 bridgehead atoms. The zero-order valence-electron chi connectivity index (χ0n) is 18.5. The molecule has 0 radical (unpaired) electrons. The molecule has 4 aromatic rings. The molecule has 0 fully saturated rings. The van der Waals surface area contributed by atoms with Crippen LogP contribution in [0.15, 0.2) is 41.8 Å². The average molecular weight is 548 g/mol. The lowest BCUT2D eigenvalue weighted by molar-refractivity contribution is 0.624. The van der Waals surface area contributed by atoms with E-state index in [0.717, 1.165) is 53.7 Å². The first-order valence-corrected chi connectivity index (χ1v) is 10.4. The average Bonchev–Trinajstić information content (AvgIpc) is 3.32. The van der Waals surface area contributed by atoms with E-state index in [1.165, 1.54) is 5.52 Å². The van der Waals surface area contributed by atoms with Crippen molar-refractivity contribution in [3.63, 3.8) is 0 Å². The standard InChI is InChI=1S/C21H28N10.HI/c1-15-29-17-7-4-5-8-18(17)31(15)12-6-9-24-21(22-2)25-11-10-23-19-16-13-28-30(3)20(16)27-14-26-19;/h4-5,7-8,13-14H,6,9-12H2,1-3H3,(H2,22,24,25)(H,23,26,27);1H. The van der Waals surface area contributed by atoms with Crippen molar-refractivity contribution in [2.75, 3.05) is 32.0 Å². The van der Waals surface area contributed by atoms with Crippen LogP contribution in [0.2, 0.25) is 0 Å². The molecule has 0 unspecified atom stereocenters. The third-order valence-electron chi connectivity index (χ3n) is 5.16. The monoisotopic (exact) mass is 548 g/mol. The molecule has 3 aromatic heterocycles. The maximum atomic E-state index is 4.62. The summed E-state index contributed by atoms with van der Waals surface area (Å²) in [4.78, 5) is 17.5. The van der Waals surface area contributed by atoms with Crippen molar-refractivity contribution in [1.82, 2.24) is 39.9 Å². The number of hydrogen-bond donors (Lipinski definition) is 3. The number of anilines is 1. The highest BCUT2D eigenvalue weighted by atomic mass is 127. The van der Waals surface area contributed by atoms with Gasteiger partial charge in [0.25, 0.3) is 0 Å². The fourth-order valence-corrected chi connectivity index (χ4v) is 3.61. The number of aromatic nitrogens is 6. The minimum atomic E-state index is 0. The van der Waals surface area contributed by atoms with Crippen LogP contribution in [0.5, 0.6) is 0 Å². The van der Waals surface area contributed by atoms with E-state index in [2.05, 4.69) is 70.7 Å². The predicted octanol–water partition coefficient (Wildman–Crippen LogP) is 2.31. The van der Waals surface area contributed by atoms with Crippen LogP contribution < -0.4 is 16.0 Å². The number of aryl methyl sites for hydroxylation is 3. The normalized spacial score (nSPS) is 11.5. The quantitative estimate of drug-likeness (QED) is 0.134. The van der Waals surface area contributed by atoms with Gasteiger partial charge in [0.2, 0.25) is 0 Å². The number of halogens is 1. The van der Waals surface area contributed by atoms with Crippen molar-refractivity contribution in [1.29, 1.82) is 0 Å². The molecule has 0 aliphatic rings. The van der Waals surface area contributed by atoms with Gasteiger partial charge in [-0.2, -0.15) is 5.10 Å². The van der Waals surface area contributed by atoms with Crippen LogP contribution in [-0.4, -0.2) is 61.9 Å².